The summed E-state index contributed by atoms with van der Waals surface area (Å²) < 4.78 is 5.21. The molecule has 0 saturated heterocycles. The largest absolute Gasteiger partial charge is 0.494 e. The van der Waals surface area contributed by atoms with Crippen LogP contribution in [0.25, 0.3) is 0 Å². The van der Waals surface area contributed by atoms with Crippen LogP contribution in [0.2, 0.25) is 0 Å². The van der Waals surface area contributed by atoms with E-state index in [0.29, 0.717) is 23.7 Å². The zero-order valence-electron chi connectivity index (χ0n) is 13.1. The molecule has 0 saturated carbocycles. The number of hydrogen-bond acceptors (Lipinski definition) is 5. The molecule has 0 radical (unpaired) electrons. The van der Waals surface area contributed by atoms with E-state index < -0.39 is 0 Å². The number of benzene rings is 1. The third-order valence-corrected chi connectivity index (χ3v) is 3.38. The first-order chi connectivity index (χ1) is 9.90. The van der Waals surface area contributed by atoms with E-state index in [1.807, 2.05) is 25.7 Å². The fourth-order valence-corrected chi connectivity index (χ4v) is 2.21. The molecule has 21 heavy (non-hydrogen) atoms. The van der Waals surface area contributed by atoms with Gasteiger partial charge in [0.15, 0.2) is 0 Å². The van der Waals surface area contributed by atoms with Gasteiger partial charge in [-0.3, -0.25) is 9.69 Å². The highest BCUT2D eigenvalue weighted by Crippen LogP contribution is 2.26. The molecule has 118 valence electrons. The van der Waals surface area contributed by atoms with Gasteiger partial charge in [-0.15, -0.1) is 0 Å². The van der Waals surface area contributed by atoms with E-state index in [1.165, 1.54) is 7.11 Å². The number of rotatable bonds is 7. The Labute approximate surface area is 125 Å². The minimum absolute atomic E-state index is 0.0149. The lowest BCUT2D eigenvalue weighted by Crippen LogP contribution is -2.47. The Morgan fingerprint density at radius 2 is 2.10 bits per heavy atom. The standard InChI is InChI=1S/C15H25N3O3/c1-10(2)18(7-8-19)11(3)15(20)17-13-6-5-12(16)9-14(13)21-4/h5-6,9-11,19H,7-8,16H2,1-4H3,(H,17,20). The van der Waals surface area contributed by atoms with Crippen molar-refractivity contribution in [3.63, 3.8) is 0 Å². The van der Waals surface area contributed by atoms with Gasteiger partial charge in [0.25, 0.3) is 0 Å². The number of nitrogens with one attached hydrogen (secondary N) is 1. The number of methoxy groups -OCH3 is 1. The normalized spacial score (nSPS) is 12.5. The van der Waals surface area contributed by atoms with Gasteiger partial charge in [-0.05, 0) is 32.9 Å². The van der Waals surface area contributed by atoms with Crippen LogP contribution in [-0.2, 0) is 4.79 Å². The van der Waals surface area contributed by atoms with E-state index in [0.717, 1.165) is 0 Å². The predicted molar refractivity (Wildman–Crippen MR) is 84.4 cm³/mol. The fraction of sp³-hybridized carbons (Fsp3) is 0.533. The Hall–Kier alpha value is -1.79. The molecule has 6 nitrogen and oxygen atoms in total. The van der Waals surface area contributed by atoms with Crippen LogP contribution in [-0.4, -0.2) is 48.3 Å². The summed E-state index contributed by atoms with van der Waals surface area (Å²) in [7, 11) is 1.53. The average Bonchev–Trinajstić information content (AvgIpc) is 2.45. The first-order valence-electron chi connectivity index (χ1n) is 7.01. The smallest absolute Gasteiger partial charge is 0.241 e. The molecule has 0 aliphatic carbocycles. The lowest BCUT2D eigenvalue weighted by atomic mass is 10.2. The maximum Gasteiger partial charge on any atom is 0.241 e. The quantitative estimate of drug-likeness (QED) is 0.660. The number of nitrogens with zero attached hydrogens (tertiary/aromatic N) is 1. The second-order valence-corrected chi connectivity index (χ2v) is 5.18. The number of aliphatic hydroxyl groups excluding tert-OH is 1. The molecule has 0 fully saturated rings. The maximum absolute atomic E-state index is 12.4. The van der Waals surface area contributed by atoms with Gasteiger partial charge in [-0.25, -0.2) is 0 Å². The van der Waals surface area contributed by atoms with Crippen LogP contribution in [0.15, 0.2) is 18.2 Å². The summed E-state index contributed by atoms with van der Waals surface area (Å²) in [5.74, 6) is 0.369. The number of amides is 1. The van der Waals surface area contributed by atoms with Crippen molar-refractivity contribution in [3.05, 3.63) is 18.2 Å². The van der Waals surface area contributed by atoms with Crippen molar-refractivity contribution in [1.29, 1.82) is 0 Å². The molecule has 6 heteroatoms. The van der Waals surface area contributed by atoms with Crippen LogP contribution in [0, 0.1) is 0 Å². The maximum atomic E-state index is 12.4. The zero-order chi connectivity index (χ0) is 16.0. The summed E-state index contributed by atoms with van der Waals surface area (Å²) in [5, 5.41) is 12.0. The molecule has 0 aliphatic rings. The Kier molecular flexibility index (Phi) is 6.45. The summed E-state index contributed by atoms with van der Waals surface area (Å²) in [4.78, 5) is 14.3. The average molecular weight is 295 g/mol. The lowest BCUT2D eigenvalue weighted by Gasteiger charge is -2.31. The zero-order valence-corrected chi connectivity index (χ0v) is 13.1. The second kappa shape index (κ2) is 7.85. The molecule has 0 spiro atoms. The molecule has 0 aliphatic heterocycles. The monoisotopic (exact) mass is 295 g/mol. The highest BCUT2D eigenvalue weighted by molar-refractivity contribution is 5.96. The molecule has 1 aromatic rings. The number of hydrogen-bond donors (Lipinski definition) is 3. The third kappa shape index (κ3) is 4.61. The van der Waals surface area contributed by atoms with Crippen LogP contribution in [0.4, 0.5) is 11.4 Å². The minimum Gasteiger partial charge on any atom is -0.494 e. The highest BCUT2D eigenvalue weighted by atomic mass is 16.5. The molecule has 0 heterocycles. The van der Waals surface area contributed by atoms with E-state index in [-0.39, 0.29) is 24.6 Å². The summed E-state index contributed by atoms with van der Waals surface area (Å²) in [5.41, 5.74) is 6.84. The number of nitrogen functional groups attached to an aromatic ring is 1. The molecule has 4 N–H and O–H groups in total. The first kappa shape index (κ1) is 17.3. The van der Waals surface area contributed by atoms with E-state index in [9.17, 15) is 4.79 Å². The SMILES string of the molecule is COc1cc(N)ccc1NC(=O)C(C)N(CCO)C(C)C. The first-order valence-corrected chi connectivity index (χ1v) is 7.01. The van der Waals surface area contributed by atoms with E-state index >= 15 is 0 Å². The van der Waals surface area contributed by atoms with Gasteiger partial charge < -0.3 is 20.9 Å². The highest BCUT2D eigenvalue weighted by Gasteiger charge is 2.23. The molecule has 1 aromatic carbocycles. The van der Waals surface area contributed by atoms with E-state index in [1.54, 1.807) is 18.2 Å². The van der Waals surface area contributed by atoms with Crippen molar-refractivity contribution in [2.24, 2.45) is 0 Å². The summed E-state index contributed by atoms with van der Waals surface area (Å²) in [6, 6.07) is 4.88. The molecule has 0 bridgehead atoms. The Bertz CT molecular complexity index is 477. The van der Waals surface area contributed by atoms with Crippen molar-refractivity contribution >= 4 is 17.3 Å². The molecular formula is C15H25N3O3. The summed E-state index contributed by atoms with van der Waals surface area (Å²) >= 11 is 0. The molecule has 1 amide bonds. The fourth-order valence-electron chi connectivity index (χ4n) is 2.21. The molecule has 0 aromatic heterocycles. The Balaban J connectivity index is 2.84. The van der Waals surface area contributed by atoms with Gasteiger partial charge in [0, 0.05) is 24.3 Å². The van der Waals surface area contributed by atoms with Crippen molar-refractivity contribution in [3.8, 4) is 5.75 Å². The van der Waals surface area contributed by atoms with Gasteiger partial charge >= 0.3 is 0 Å². The van der Waals surface area contributed by atoms with Crippen LogP contribution >= 0.6 is 0 Å². The molecule has 1 unspecified atom stereocenters. The summed E-state index contributed by atoms with van der Waals surface area (Å²) in [6.07, 6.45) is 0. The van der Waals surface area contributed by atoms with Crippen molar-refractivity contribution in [2.45, 2.75) is 32.9 Å². The van der Waals surface area contributed by atoms with Crippen molar-refractivity contribution < 1.29 is 14.6 Å². The number of carbonyl (C=O) groups is 1. The minimum atomic E-state index is -0.362. The number of anilines is 2. The van der Waals surface area contributed by atoms with Gasteiger partial charge in [0.1, 0.15) is 5.75 Å². The second-order valence-electron chi connectivity index (χ2n) is 5.18. The van der Waals surface area contributed by atoms with Gasteiger partial charge in [-0.1, -0.05) is 0 Å². The Morgan fingerprint density at radius 1 is 1.43 bits per heavy atom. The molecule has 1 atom stereocenters. The topological polar surface area (TPSA) is 87.8 Å². The van der Waals surface area contributed by atoms with Gasteiger partial charge in [0.2, 0.25) is 5.91 Å². The molecular weight excluding hydrogens is 270 g/mol. The number of carbonyl (C=O) groups excluding carboxylic acids is 1. The summed E-state index contributed by atoms with van der Waals surface area (Å²) in [6.45, 7) is 6.26. The van der Waals surface area contributed by atoms with Crippen molar-refractivity contribution in [2.75, 3.05) is 31.3 Å². The number of ether oxygens (including phenoxy) is 1. The number of aliphatic hydroxyl groups is 1. The van der Waals surface area contributed by atoms with Crippen LogP contribution in [0.1, 0.15) is 20.8 Å². The molecule has 1 rings (SSSR count). The Morgan fingerprint density at radius 3 is 2.62 bits per heavy atom. The number of nitrogens with two attached hydrogens (primary N) is 1. The van der Waals surface area contributed by atoms with Crippen LogP contribution < -0.4 is 15.8 Å². The van der Waals surface area contributed by atoms with Crippen LogP contribution in [0.3, 0.4) is 0 Å². The van der Waals surface area contributed by atoms with Crippen molar-refractivity contribution in [1.82, 2.24) is 4.90 Å². The van der Waals surface area contributed by atoms with Gasteiger partial charge in [-0.2, -0.15) is 0 Å². The van der Waals surface area contributed by atoms with Crippen LogP contribution in [0.5, 0.6) is 5.75 Å². The lowest BCUT2D eigenvalue weighted by molar-refractivity contribution is -0.121. The van der Waals surface area contributed by atoms with E-state index in [4.69, 9.17) is 15.6 Å². The predicted octanol–water partition coefficient (Wildman–Crippen LogP) is 1.31. The third-order valence-electron chi connectivity index (χ3n) is 3.38. The van der Waals surface area contributed by atoms with Gasteiger partial charge in [0.05, 0.1) is 25.4 Å². The van der Waals surface area contributed by atoms with E-state index in [2.05, 4.69) is 5.32 Å².